The lowest BCUT2D eigenvalue weighted by molar-refractivity contribution is 0.281. The second-order valence-electron chi connectivity index (χ2n) is 4.15. The maximum Gasteiger partial charge on any atom is 0.264 e. The van der Waals surface area contributed by atoms with Crippen molar-refractivity contribution in [3.8, 4) is 0 Å². The zero-order chi connectivity index (χ0) is 15.6. The Bertz CT molecular complexity index is 783. The van der Waals surface area contributed by atoms with E-state index in [-0.39, 0.29) is 22.9 Å². The number of aliphatic hydroxyl groups is 1. The fraction of sp³-hybridized carbons (Fsp3) is 0.0769. The smallest absolute Gasteiger partial charge is 0.264 e. The highest BCUT2D eigenvalue weighted by molar-refractivity contribution is 9.10. The van der Waals surface area contributed by atoms with Crippen LogP contribution in [0.2, 0.25) is 5.02 Å². The summed E-state index contributed by atoms with van der Waals surface area (Å²) < 4.78 is 41.1. The molecule has 0 saturated heterocycles. The first kappa shape index (κ1) is 16.2. The van der Waals surface area contributed by atoms with Crippen LogP contribution in [0.4, 0.5) is 10.1 Å². The molecular weight excluding hydrogens is 385 g/mol. The molecule has 2 aromatic rings. The molecule has 0 amide bonds. The average Bonchev–Trinajstić information content (AvgIpc) is 2.41. The van der Waals surface area contributed by atoms with E-state index in [2.05, 4.69) is 20.7 Å². The van der Waals surface area contributed by atoms with E-state index in [1.54, 1.807) is 6.07 Å². The lowest BCUT2D eigenvalue weighted by atomic mass is 10.2. The van der Waals surface area contributed by atoms with Crippen molar-refractivity contribution in [3.05, 3.63) is 57.3 Å². The van der Waals surface area contributed by atoms with E-state index >= 15 is 0 Å². The second-order valence-corrected chi connectivity index (χ2v) is 7.13. The van der Waals surface area contributed by atoms with Crippen LogP contribution in [0.15, 0.2) is 45.8 Å². The highest BCUT2D eigenvalue weighted by Gasteiger charge is 2.20. The van der Waals surface area contributed by atoms with Gasteiger partial charge in [0.2, 0.25) is 0 Å². The minimum atomic E-state index is -4.11. The second kappa shape index (κ2) is 6.31. The maximum atomic E-state index is 13.8. The Morgan fingerprint density at radius 1 is 1.24 bits per heavy atom. The Labute approximate surface area is 134 Å². The van der Waals surface area contributed by atoms with E-state index in [0.717, 1.165) is 12.1 Å². The Kier molecular flexibility index (Phi) is 4.88. The molecule has 21 heavy (non-hydrogen) atoms. The zero-order valence-corrected chi connectivity index (χ0v) is 13.6. The lowest BCUT2D eigenvalue weighted by Gasteiger charge is -2.11. The summed E-state index contributed by atoms with van der Waals surface area (Å²) in [5.41, 5.74) is 0.429. The third-order valence-corrected chi connectivity index (χ3v) is 4.85. The van der Waals surface area contributed by atoms with Crippen LogP contribution in [-0.2, 0) is 16.6 Å². The van der Waals surface area contributed by atoms with E-state index < -0.39 is 20.7 Å². The van der Waals surface area contributed by atoms with Gasteiger partial charge in [-0.05, 0) is 35.9 Å². The average molecular weight is 395 g/mol. The van der Waals surface area contributed by atoms with Crippen LogP contribution in [0.5, 0.6) is 0 Å². The molecule has 2 aromatic carbocycles. The lowest BCUT2D eigenvalue weighted by Crippen LogP contribution is -2.15. The molecule has 0 aromatic heterocycles. The van der Waals surface area contributed by atoms with Gasteiger partial charge in [-0.3, -0.25) is 4.72 Å². The first-order valence-electron chi connectivity index (χ1n) is 5.70. The molecule has 4 nitrogen and oxygen atoms in total. The molecule has 0 atom stereocenters. The standard InChI is InChI=1S/C13H10BrClFNO3S/c14-9-2-3-12(10(15)6-9)17-21(19,20)13-4-1-8(7-18)5-11(13)16/h1-6,17-18H,7H2. The predicted molar refractivity (Wildman–Crippen MR) is 82.3 cm³/mol. The van der Waals surface area contributed by atoms with Gasteiger partial charge in [-0.2, -0.15) is 0 Å². The zero-order valence-electron chi connectivity index (χ0n) is 10.5. The molecule has 0 spiro atoms. The van der Waals surface area contributed by atoms with Gasteiger partial charge in [0.25, 0.3) is 10.0 Å². The summed E-state index contributed by atoms with van der Waals surface area (Å²) in [7, 11) is -4.11. The molecule has 0 aliphatic heterocycles. The van der Waals surface area contributed by atoms with Crippen molar-refractivity contribution in [2.75, 3.05) is 4.72 Å². The summed E-state index contributed by atoms with van der Waals surface area (Å²) in [6.07, 6.45) is 0. The molecule has 0 aliphatic rings. The SMILES string of the molecule is O=S(=O)(Nc1ccc(Br)cc1Cl)c1ccc(CO)cc1F. The normalized spacial score (nSPS) is 11.4. The summed E-state index contributed by atoms with van der Waals surface area (Å²) in [5, 5.41) is 9.08. The van der Waals surface area contributed by atoms with Gasteiger partial charge < -0.3 is 5.11 Å². The van der Waals surface area contributed by atoms with Gasteiger partial charge in [0.05, 0.1) is 17.3 Å². The molecule has 0 fully saturated rings. The highest BCUT2D eigenvalue weighted by atomic mass is 79.9. The van der Waals surface area contributed by atoms with Crippen molar-refractivity contribution < 1.29 is 17.9 Å². The quantitative estimate of drug-likeness (QED) is 0.833. The third kappa shape index (κ3) is 3.74. The van der Waals surface area contributed by atoms with Gasteiger partial charge in [0.15, 0.2) is 0 Å². The van der Waals surface area contributed by atoms with Crippen molar-refractivity contribution in [1.29, 1.82) is 0 Å². The summed E-state index contributed by atoms with van der Waals surface area (Å²) >= 11 is 9.13. The molecule has 0 unspecified atom stereocenters. The Morgan fingerprint density at radius 2 is 1.95 bits per heavy atom. The summed E-state index contributed by atoms with van der Waals surface area (Å²) in [6.45, 7) is -0.372. The first-order chi connectivity index (χ1) is 9.83. The molecule has 8 heteroatoms. The predicted octanol–water partition coefficient (Wildman–Crippen LogP) is 3.53. The molecule has 0 bridgehead atoms. The molecular formula is C13H10BrClFNO3S. The van der Waals surface area contributed by atoms with Crippen LogP contribution in [0.1, 0.15) is 5.56 Å². The number of hydrogen-bond acceptors (Lipinski definition) is 3. The number of halogens is 3. The van der Waals surface area contributed by atoms with Gasteiger partial charge >= 0.3 is 0 Å². The highest BCUT2D eigenvalue weighted by Crippen LogP contribution is 2.28. The molecule has 0 radical (unpaired) electrons. The molecule has 0 saturated carbocycles. The van der Waals surface area contributed by atoms with Crippen molar-refractivity contribution in [2.24, 2.45) is 0 Å². The Balaban J connectivity index is 2.38. The third-order valence-electron chi connectivity index (χ3n) is 2.64. The Hall–Kier alpha value is -1.15. The van der Waals surface area contributed by atoms with Gasteiger partial charge in [-0.15, -0.1) is 0 Å². The molecule has 2 N–H and O–H groups in total. The van der Waals surface area contributed by atoms with Gasteiger partial charge in [0.1, 0.15) is 10.7 Å². The van der Waals surface area contributed by atoms with E-state index in [0.29, 0.717) is 4.47 Å². The minimum Gasteiger partial charge on any atom is -0.392 e. The van der Waals surface area contributed by atoms with Crippen molar-refractivity contribution in [2.45, 2.75) is 11.5 Å². The number of rotatable bonds is 4. The van der Waals surface area contributed by atoms with E-state index in [4.69, 9.17) is 16.7 Å². The molecule has 0 aliphatic carbocycles. The Morgan fingerprint density at radius 3 is 2.52 bits per heavy atom. The molecule has 0 heterocycles. The van der Waals surface area contributed by atoms with Crippen molar-refractivity contribution in [3.63, 3.8) is 0 Å². The van der Waals surface area contributed by atoms with Gasteiger partial charge in [0, 0.05) is 4.47 Å². The number of sulfonamides is 1. The largest absolute Gasteiger partial charge is 0.392 e. The van der Waals surface area contributed by atoms with E-state index in [1.165, 1.54) is 18.2 Å². The number of nitrogens with one attached hydrogen (secondary N) is 1. The first-order valence-corrected chi connectivity index (χ1v) is 8.36. The fourth-order valence-electron chi connectivity index (χ4n) is 1.63. The number of aliphatic hydroxyl groups excluding tert-OH is 1. The van der Waals surface area contributed by atoms with E-state index in [9.17, 15) is 12.8 Å². The van der Waals surface area contributed by atoms with Crippen molar-refractivity contribution in [1.82, 2.24) is 0 Å². The summed E-state index contributed by atoms with van der Waals surface area (Å²) in [5.74, 6) is -0.942. The van der Waals surface area contributed by atoms with Crippen LogP contribution in [0.3, 0.4) is 0 Å². The number of anilines is 1. The maximum absolute atomic E-state index is 13.8. The monoisotopic (exact) mass is 393 g/mol. The van der Waals surface area contributed by atoms with Crippen LogP contribution < -0.4 is 4.72 Å². The summed E-state index contributed by atoms with van der Waals surface area (Å²) in [6, 6.07) is 7.98. The van der Waals surface area contributed by atoms with Crippen LogP contribution in [0.25, 0.3) is 0 Å². The fourth-order valence-corrected chi connectivity index (χ4v) is 3.55. The minimum absolute atomic E-state index is 0.144. The molecule has 112 valence electrons. The van der Waals surface area contributed by atoms with Gasteiger partial charge in [-0.25, -0.2) is 12.8 Å². The topological polar surface area (TPSA) is 66.4 Å². The van der Waals surface area contributed by atoms with Crippen LogP contribution in [0, 0.1) is 5.82 Å². The van der Waals surface area contributed by atoms with Crippen molar-refractivity contribution >= 4 is 43.2 Å². The summed E-state index contributed by atoms with van der Waals surface area (Å²) in [4.78, 5) is -0.515. The van der Waals surface area contributed by atoms with Gasteiger partial charge in [-0.1, -0.05) is 33.6 Å². The van der Waals surface area contributed by atoms with E-state index in [1.807, 2.05) is 0 Å². The van der Waals surface area contributed by atoms with Crippen LogP contribution in [-0.4, -0.2) is 13.5 Å². The molecule has 2 rings (SSSR count). The number of hydrogen-bond donors (Lipinski definition) is 2. The number of benzene rings is 2. The van der Waals surface area contributed by atoms with Crippen LogP contribution >= 0.6 is 27.5 Å².